The van der Waals surface area contributed by atoms with Gasteiger partial charge in [0.2, 0.25) is 0 Å². The molecule has 2 nitrogen and oxygen atoms in total. The Kier molecular flexibility index (Phi) is 4.04. The number of nitrogens with one attached hydrogen (secondary N) is 2. The molecule has 2 N–H and O–H groups in total. The van der Waals surface area contributed by atoms with Crippen LogP contribution in [0.4, 0.5) is 0 Å². The van der Waals surface area contributed by atoms with Gasteiger partial charge >= 0.3 is 0 Å². The van der Waals surface area contributed by atoms with Gasteiger partial charge in [0.1, 0.15) is 0 Å². The van der Waals surface area contributed by atoms with Crippen molar-refractivity contribution in [2.45, 2.75) is 38.3 Å². The molecule has 2 aromatic rings. The van der Waals surface area contributed by atoms with E-state index >= 15 is 0 Å². The molecule has 1 fully saturated rings. The summed E-state index contributed by atoms with van der Waals surface area (Å²) in [6.45, 7) is 3.33. The lowest BCUT2D eigenvalue weighted by molar-refractivity contribution is 0.454. The fourth-order valence-electron chi connectivity index (χ4n) is 3.26. The smallest absolute Gasteiger partial charge is 0.0332 e. The Bertz CT molecular complexity index is 585. The first-order valence-electron chi connectivity index (χ1n) is 7.67. The predicted molar refractivity (Wildman–Crippen MR) is 86.1 cm³/mol. The number of fused-ring (bicyclic) bond motifs is 1. The monoisotopic (exact) mass is 268 g/mol. The first kappa shape index (κ1) is 13.6. The van der Waals surface area contributed by atoms with Crippen LogP contribution < -0.4 is 10.6 Å². The summed E-state index contributed by atoms with van der Waals surface area (Å²) in [7, 11) is 2.07. The van der Waals surface area contributed by atoms with Crippen molar-refractivity contribution in [3.05, 3.63) is 47.5 Å². The second-order valence-electron chi connectivity index (χ2n) is 5.98. The second-order valence-corrected chi connectivity index (χ2v) is 5.98. The minimum Gasteiger partial charge on any atom is -0.314 e. The van der Waals surface area contributed by atoms with Crippen molar-refractivity contribution >= 4 is 10.8 Å². The minimum absolute atomic E-state index is 0.441. The summed E-state index contributed by atoms with van der Waals surface area (Å²) < 4.78 is 0. The molecule has 0 aliphatic carbocycles. The van der Waals surface area contributed by atoms with Crippen LogP contribution in [0.1, 0.15) is 36.4 Å². The number of benzene rings is 2. The Hall–Kier alpha value is -1.38. The van der Waals surface area contributed by atoms with Crippen LogP contribution in [0.3, 0.4) is 0 Å². The zero-order valence-electron chi connectivity index (χ0n) is 12.4. The summed E-state index contributed by atoms with van der Waals surface area (Å²) in [5.74, 6) is 0. The standard InChI is InChI=1S/C18H24N2/c1-13-5-6-15-11-16(8-7-14(15)10-13)18(19-2)12-17-4-3-9-20-17/h5-8,10-11,17-20H,3-4,9,12H2,1-2H3. The highest BCUT2D eigenvalue weighted by Crippen LogP contribution is 2.25. The van der Waals surface area contributed by atoms with Crippen molar-refractivity contribution in [1.82, 2.24) is 10.6 Å². The maximum absolute atomic E-state index is 3.60. The highest BCUT2D eigenvalue weighted by atomic mass is 15.0. The van der Waals surface area contributed by atoms with E-state index in [1.165, 1.54) is 47.7 Å². The third kappa shape index (κ3) is 2.87. The number of aryl methyl sites for hydroxylation is 1. The molecule has 106 valence electrons. The van der Waals surface area contributed by atoms with Crippen LogP contribution in [0.2, 0.25) is 0 Å². The third-order valence-electron chi connectivity index (χ3n) is 4.45. The van der Waals surface area contributed by atoms with Crippen LogP contribution in [0.15, 0.2) is 36.4 Å². The average Bonchev–Trinajstić information content (AvgIpc) is 2.97. The van der Waals surface area contributed by atoms with Gasteiger partial charge in [-0.2, -0.15) is 0 Å². The van der Waals surface area contributed by atoms with Gasteiger partial charge in [-0.25, -0.2) is 0 Å². The maximum Gasteiger partial charge on any atom is 0.0332 e. The van der Waals surface area contributed by atoms with E-state index in [9.17, 15) is 0 Å². The molecule has 1 aliphatic rings. The molecule has 0 aromatic heterocycles. The van der Waals surface area contributed by atoms with Crippen LogP contribution in [0.25, 0.3) is 10.8 Å². The summed E-state index contributed by atoms with van der Waals surface area (Å²) >= 11 is 0. The van der Waals surface area contributed by atoms with Gasteiger partial charge in [-0.15, -0.1) is 0 Å². The van der Waals surface area contributed by atoms with Crippen molar-refractivity contribution in [1.29, 1.82) is 0 Å². The van der Waals surface area contributed by atoms with E-state index in [0.717, 1.165) is 0 Å². The van der Waals surface area contributed by atoms with Crippen LogP contribution in [-0.2, 0) is 0 Å². The van der Waals surface area contributed by atoms with Gasteiger partial charge in [0.25, 0.3) is 0 Å². The lowest BCUT2D eigenvalue weighted by Gasteiger charge is -2.21. The Morgan fingerprint density at radius 3 is 2.75 bits per heavy atom. The molecule has 0 amide bonds. The van der Waals surface area contributed by atoms with Gasteiger partial charge < -0.3 is 10.6 Å². The molecule has 2 aromatic carbocycles. The maximum atomic E-state index is 3.60. The molecule has 0 spiro atoms. The topological polar surface area (TPSA) is 24.1 Å². The van der Waals surface area contributed by atoms with Crippen LogP contribution in [0.5, 0.6) is 0 Å². The third-order valence-corrected chi connectivity index (χ3v) is 4.45. The quantitative estimate of drug-likeness (QED) is 0.886. The van der Waals surface area contributed by atoms with E-state index in [1.807, 2.05) is 0 Å². The van der Waals surface area contributed by atoms with Gasteiger partial charge in [-0.1, -0.05) is 35.9 Å². The van der Waals surface area contributed by atoms with E-state index in [1.54, 1.807) is 0 Å². The lowest BCUT2D eigenvalue weighted by atomic mass is 9.96. The molecular formula is C18H24N2. The average molecular weight is 268 g/mol. The molecule has 3 rings (SSSR count). The highest BCUT2D eigenvalue weighted by molar-refractivity contribution is 5.83. The number of rotatable bonds is 4. The molecule has 1 heterocycles. The van der Waals surface area contributed by atoms with Crippen LogP contribution >= 0.6 is 0 Å². The Balaban J connectivity index is 1.85. The number of hydrogen-bond donors (Lipinski definition) is 2. The normalized spacial score (nSPS) is 20.4. The van der Waals surface area contributed by atoms with Gasteiger partial charge in [-0.05, 0) is 62.2 Å². The molecule has 0 saturated carbocycles. The van der Waals surface area contributed by atoms with E-state index in [4.69, 9.17) is 0 Å². The van der Waals surface area contributed by atoms with E-state index in [2.05, 4.69) is 61.0 Å². The molecule has 2 unspecified atom stereocenters. The Morgan fingerprint density at radius 2 is 2.00 bits per heavy atom. The zero-order chi connectivity index (χ0) is 13.9. The second kappa shape index (κ2) is 5.94. The summed E-state index contributed by atoms with van der Waals surface area (Å²) in [5.41, 5.74) is 2.73. The summed E-state index contributed by atoms with van der Waals surface area (Å²) in [5, 5.41) is 9.75. The van der Waals surface area contributed by atoms with Gasteiger partial charge in [-0.3, -0.25) is 0 Å². The molecule has 2 heteroatoms. The predicted octanol–water partition coefficient (Wildman–Crippen LogP) is 3.55. The van der Waals surface area contributed by atoms with Crippen LogP contribution in [-0.4, -0.2) is 19.6 Å². The van der Waals surface area contributed by atoms with Crippen LogP contribution in [0, 0.1) is 6.92 Å². The molecule has 0 radical (unpaired) electrons. The molecular weight excluding hydrogens is 244 g/mol. The van der Waals surface area contributed by atoms with E-state index in [0.29, 0.717) is 12.1 Å². The lowest BCUT2D eigenvalue weighted by Crippen LogP contribution is -2.28. The van der Waals surface area contributed by atoms with Gasteiger partial charge in [0, 0.05) is 12.1 Å². The molecule has 1 aliphatic heterocycles. The van der Waals surface area contributed by atoms with Crippen molar-refractivity contribution in [2.24, 2.45) is 0 Å². The van der Waals surface area contributed by atoms with Gasteiger partial charge in [0.15, 0.2) is 0 Å². The first-order chi connectivity index (χ1) is 9.76. The zero-order valence-corrected chi connectivity index (χ0v) is 12.4. The Labute approximate surface area is 121 Å². The van der Waals surface area contributed by atoms with Crippen molar-refractivity contribution < 1.29 is 0 Å². The minimum atomic E-state index is 0.441. The largest absolute Gasteiger partial charge is 0.314 e. The molecule has 0 bridgehead atoms. The fourth-order valence-corrected chi connectivity index (χ4v) is 3.26. The SMILES string of the molecule is CNC(CC1CCCN1)c1ccc2cc(C)ccc2c1. The molecule has 2 atom stereocenters. The molecule has 1 saturated heterocycles. The summed E-state index contributed by atoms with van der Waals surface area (Å²) in [6, 6.07) is 14.7. The molecule has 20 heavy (non-hydrogen) atoms. The summed E-state index contributed by atoms with van der Waals surface area (Å²) in [6.07, 6.45) is 3.80. The van der Waals surface area contributed by atoms with Gasteiger partial charge in [0.05, 0.1) is 0 Å². The Morgan fingerprint density at radius 1 is 1.20 bits per heavy atom. The van der Waals surface area contributed by atoms with Crippen molar-refractivity contribution in [3.63, 3.8) is 0 Å². The van der Waals surface area contributed by atoms with Crippen molar-refractivity contribution in [3.8, 4) is 0 Å². The van der Waals surface area contributed by atoms with E-state index < -0.39 is 0 Å². The summed E-state index contributed by atoms with van der Waals surface area (Å²) in [4.78, 5) is 0. The fraction of sp³-hybridized carbons (Fsp3) is 0.444. The first-order valence-corrected chi connectivity index (χ1v) is 7.67. The van der Waals surface area contributed by atoms with Crippen molar-refractivity contribution in [2.75, 3.05) is 13.6 Å². The van der Waals surface area contributed by atoms with E-state index in [-0.39, 0.29) is 0 Å². The number of hydrogen-bond acceptors (Lipinski definition) is 2. The highest BCUT2D eigenvalue weighted by Gasteiger charge is 2.19.